The SMILES string of the molecule is Cn1ncnc1NC(=O)c1c(Cl)cc(Cl)cc1C#N. The number of aryl methyl sites for hydroxylation is 1. The Hall–Kier alpha value is -2.10. The molecule has 19 heavy (non-hydrogen) atoms. The zero-order chi connectivity index (χ0) is 14.0. The highest BCUT2D eigenvalue weighted by molar-refractivity contribution is 6.37. The molecule has 1 aromatic carbocycles. The second-order valence-electron chi connectivity index (χ2n) is 3.58. The molecule has 96 valence electrons. The van der Waals surface area contributed by atoms with Gasteiger partial charge in [-0.25, -0.2) is 4.68 Å². The van der Waals surface area contributed by atoms with Gasteiger partial charge in [0.15, 0.2) is 0 Å². The summed E-state index contributed by atoms with van der Waals surface area (Å²) < 4.78 is 1.38. The first kappa shape index (κ1) is 13.3. The quantitative estimate of drug-likeness (QED) is 0.921. The van der Waals surface area contributed by atoms with Gasteiger partial charge in [-0.2, -0.15) is 15.3 Å². The van der Waals surface area contributed by atoms with E-state index >= 15 is 0 Å². The number of carbonyl (C=O) groups excluding carboxylic acids is 1. The van der Waals surface area contributed by atoms with Crippen molar-refractivity contribution < 1.29 is 4.79 Å². The first-order valence-corrected chi connectivity index (χ1v) is 5.83. The fourth-order valence-corrected chi connectivity index (χ4v) is 2.05. The van der Waals surface area contributed by atoms with Gasteiger partial charge in [0, 0.05) is 12.1 Å². The van der Waals surface area contributed by atoms with Crippen LogP contribution < -0.4 is 5.32 Å². The molecule has 1 aromatic heterocycles. The van der Waals surface area contributed by atoms with Gasteiger partial charge in [0.2, 0.25) is 5.95 Å². The maximum Gasteiger partial charge on any atom is 0.260 e. The van der Waals surface area contributed by atoms with E-state index in [9.17, 15) is 4.79 Å². The highest BCUT2D eigenvalue weighted by Crippen LogP contribution is 2.25. The summed E-state index contributed by atoms with van der Waals surface area (Å²) in [6.45, 7) is 0. The molecule has 1 N–H and O–H groups in total. The Labute approximate surface area is 118 Å². The first-order chi connectivity index (χ1) is 9.02. The Kier molecular flexibility index (Phi) is 3.69. The maximum atomic E-state index is 12.1. The van der Waals surface area contributed by atoms with Gasteiger partial charge in [-0.15, -0.1) is 0 Å². The van der Waals surface area contributed by atoms with Crippen LogP contribution in [0, 0.1) is 11.3 Å². The minimum Gasteiger partial charge on any atom is -0.291 e. The molecule has 1 amide bonds. The molecule has 0 aliphatic heterocycles. The van der Waals surface area contributed by atoms with Gasteiger partial charge in [-0.05, 0) is 12.1 Å². The van der Waals surface area contributed by atoms with E-state index in [1.807, 2.05) is 6.07 Å². The molecule has 0 unspecified atom stereocenters. The largest absolute Gasteiger partial charge is 0.291 e. The summed E-state index contributed by atoms with van der Waals surface area (Å²) in [6.07, 6.45) is 1.30. The second-order valence-corrected chi connectivity index (χ2v) is 4.43. The lowest BCUT2D eigenvalue weighted by molar-refractivity contribution is 0.102. The number of rotatable bonds is 2. The highest BCUT2D eigenvalue weighted by atomic mass is 35.5. The molecule has 2 aromatic rings. The van der Waals surface area contributed by atoms with E-state index in [0.29, 0.717) is 0 Å². The Morgan fingerprint density at radius 3 is 2.79 bits per heavy atom. The van der Waals surface area contributed by atoms with Gasteiger partial charge in [-0.1, -0.05) is 23.2 Å². The van der Waals surface area contributed by atoms with Crippen molar-refractivity contribution in [1.29, 1.82) is 5.26 Å². The number of nitrogens with zero attached hydrogens (tertiary/aromatic N) is 4. The van der Waals surface area contributed by atoms with Gasteiger partial charge >= 0.3 is 0 Å². The number of benzene rings is 1. The minimum atomic E-state index is -0.547. The normalized spacial score (nSPS) is 10.0. The van der Waals surface area contributed by atoms with Gasteiger partial charge in [0.1, 0.15) is 12.4 Å². The number of anilines is 1. The van der Waals surface area contributed by atoms with Crippen LogP contribution in [0.15, 0.2) is 18.5 Å². The zero-order valence-corrected chi connectivity index (χ0v) is 11.2. The van der Waals surface area contributed by atoms with Crippen molar-refractivity contribution >= 4 is 35.1 Å². The molecule has 0 fully saturated rings. The van der Waals surface area contributed by atoms with Crippen LogP contribution in [-0.4, -0.2) is 20.7 Å². The number of amides is 1. The predicted octanol–water partition coefficient (Wildman–Crippen LogP) is 2.25. The molecule has 0 atom stereocenters. The minimum absolute atomic E-state index is 0.0524. The summed E-state index contributed by atoms with van der Waals surface area (Å²) in [5.74, 6) is -0.297. The van der Waals surface area contributed by atoms with Crippen molar-refractivity contribution in [3.05, 3.63) is 39.6 Å². The number of nitriles is 1. The van der Waals surface area contributed by atoms with Crippen LogP contribution >= 0.6 is 23.2 Å². The van der Waals surface area contributed by atoms with Crippen LogP contribution in [0.2, 0.25) is 10.0 Å². The standard InChI is InChI=1S/C11H7Cl2N5O/c1-18-11(15-5-16-18)17-10(19)9-6(4-14)2-7(12)3-8(9)13/h2-3,5H,1H3,(H,15,16,17,19). The molecule has 0 saturated carbocycles. The third kappa shape index (κ3) is 2.67. The van der Waals surface area contributed by atoms with Crippen LogP contribution in [0.4, 0.5) is 5.95 Å². The number of carbonyl (C=O) groups is 1. The summed E-state index contributed by atoms with van der Waals surface area (Å²) in [7, 11) is 1.62. The fraction of sp³-hybridized carbons (Fsp3) is 0.0909. The first-order valence-electron chi connectivity index (χ1n) is 5.07. The Bertz CT molecular complexity index is 689. The van der Waals surface area contributed by atoms with Crippen molar-refractivity contribution in [3.8, 4) is 6.07 Å². The smallest absolute Gasteiger partial charge is 0.260 e. The summed E-state index contributed by atoms with van der Waals surface area (Å²) in [4.78, 5) is 16.0. The lowest BCUT2D eigenvalue weighted by Crippen LogP contribution is -2.17. The third-order valence-corrected chi connectivity index (χ3v) is 2.86. The zero-order valence-electron chi connectivity index (χ0n) is 9.69. The number of hydrogen-bond donors (Lipinski definition) is 1. The molecular weight excluding hydrogens is 289 g/mol. The summed E-state index contributed by atoms with van der Waals surface area (Å²) in [6, 6.07) is 4.65. The highest BCUT2D eigenvalue weighted by Gasteiger charge is 2.18. The molecule has 0 aliphatic rings. The summed E-state index contributed by atoms with van der Waals surface area (Å²) in [5, 5.41) is 15.7. The molecule has 8 heteroatoms. The number of halogens is 2. The Morgan fingerprint density at radius 1 is 1.47 bits per heavy atom. The van der Waals surface area contributed by atoms with E-state index in [4.69, 9.17) is 28.5 Å². The molecule has 0 radical (unpaired) electrons. The van der Waals surface area contributed by atoms with E-state index in [1.165, 1.54) is 23.1 Å². The molecule has 0 saturated heterocycles. The molecule has 2 rings (SSSR count). The number of aromatic nitrogens is 3. The lowest BCUT2D eigenvalue weighted by atomic mass is 10.1. The summed E-state index contributed by atoms with van der Waals surface area (Å²) in [5.41, 5.74) is 0.147. The van der Waals surface area contributed by atoms with Crippen LogP contribution in [0.25, 0.3) is 0 Å². The van der Waals surface area contributed by atoms with Crippen molar-refractivity contribution in [1.82, 2.24) is 14.8 Å². The van der Waals surface area contributed by atoms with Crippen LogP contribution in [0.1, 0.15) is 15.9 Å². The average Bonchev–Trinajstić information content (AvgIpc) is 2.73. The van der Waals surface area contributed by atoms with Gasteiger partial charge in [0.05, 0.1) is 16.1 Å². The number of nitrogens with one attached hydrogen (secondary N) is 1. The van der Waals surface area contributed by atoms with Gasteiger partial charge in [0.25, 0.3) is 5.91 Å². The Balaban J connectivity index is 2.40. The monoisotopic (exact) mass is 295 g/mol. The lowest BCUT2D eigenvalue weighted by Gasteiger charge is -2.07. The molecule has 6 nitrogen and oxygen atoms in total. The molecular formula is C11H7Cl2N5O. The summed E-state index contributed by atoms with van der Waals surface area (Å²) >= 11 is 11.7. The molecule has 0 bridgehead atoms. The van der Waals surface area contributed by atoms with Crippen LogP contribution in [0.5, 0.6) is 0 Å². The van der Waals surface area contributed by atoms with Crippen molar-refractivity contribution in [2.75, 3.05) is 5.32 Å². The van der Waals surface area contributed by atoms with Crippen molar-refractivity contribution in [2.45, 2.75) is 0 Å². The third-order valence-electron chi connectivity index (χ3n) is 2.34. The second kappa shape index (κ2) is 5.26. The number of hydrogen-bond acceptors (Lipinski definition) is 4. The van der Waals surface area contributed by atoms with Crippen molar-refractivity contribution in [2.24, 2.45) is 7.05 Å². The average molecular weight is 296 g/mol. The Morgan fingerprint density at radius 2 is 2.21 bits per heavy atom. The maximum absolute atomic E-state index is 12.1. The molecule has 0 aliphatic carbocycles. The fourth-order valence-electron chi connectivity index (χ4n) is 1.47. The van der Waals surface area contributed by atoms with Gasteiger partial charge in [-0.3, -0.25) is 10.1 Å². The topological polar surface area (TPSA) is 83.6 Å². The predicted molar refractivity (Wildman–Crippen MR) is 70.1 cm³/mol. The van der Waals surface area contributed by atoms with Crippen LogP contribution in [0.3, 0.4) is 0 Å². The van der Waals surface area contributed by atoms with Crippen molar-refractivity contribution in [3.63, 3.8) is 0 Å². The van der Waals surface area contributed by atoms with Gasteiger partial charge < -0.3 is 0 Å². The molecule has 1 heterocycles. The van der Waals surface area contributed by atoms with E-state index < -0.39 is 5.91 Å². The van der Waals surface area contributed by atoms with E-state index in [2.05, 4.69) is 15.4 Å². The van der Waals surface area contributed by atoms with E-state index in [1.54, 1.807) is 7.05 Å². The van der Waals surface area contributed by atoms with E-state index in [-0.39, 0.29) is 27.1 Å². The van der Waals surface area contributed by atoms with E-state index in [0.717, 1.165) is 0 Å². The molecule has 0 spiro atoms. The van der Waals surface area contributed by atoms with Crippen LogP contribution in [-0.2, 0) is 7.05 Å².